The molecule has 4 rings (SSSR count). The van der Waals surface area contributed by atoms with Gasteiger partial charge in [0.05, 0.1) is 12.2 Å². The molecule has 30 heavy (non-hydrogen) atoms. The summed E-state index contributed by atoms with van der Waals surface area (Å²) in [6, 6.07) is 15.0. The van der Waals surface area contributed by atoms with Crippen molar-refractivity contribution < 1.29 is 19.4 Å². The van der Waals surface area contributed by atoms with Gasteiger partial charge in [0.25, 0.3) is 0 Å². The van der Waals surface area contributed by atoms with Crippen molar-refractivity contribution in [3.05, 3.63) is 77.4 Å². The summed E-state index contributed by atoms with van der Waals surface area (Å²) >= 11 is 0. The fourth-order valence-electron chi connectivity index (χ4n) is 4.02. The van der Waals surface area contributed by atoms with Gasteiger partial charge in [-0.2, -0.15) is 0 Å². The number of carboxylic acid groups (broad SMARTS) is 1. The standard InChI is InChI=1S/C23H23N3O4/c1-14-11-26(15(2)24-14)12-21(22(27)28)25-23(29)30-13-20-18-9-5-3-7-16(18)17-8-4-6-10-19(17)20/h3-11,20-21H,12-13H2,1-2H3,(H,25,29)(H,27,28). The Balaban J connectivity index is 1.44. The molecule has 0 bridgehead atoms. The number of hydrogen-bond donors (Lipinski definition) is 2. The van der Waals surface area contributed by atoms with Gasteiger partial charge in [-0.15, -0.1) is 0 Å². The predicted molar refractivity (Wildman–Crippen MR) is 111 cm³/mol. The van der Waals surface area contributed by atoms with Gasteiger partial charge in [0.15, 0.2) is 0 Å². The monoisotopic (exact) mass is 405 g/mol. The second-order valence-electron chi connectivity index (χ2n) is 7.44. The number of carbonyl (C=O) groups is 2. The smallest absolute Gasteiger partial charge is 0.407 e. The minimum Gasteiger partial charge on any atom is -0.480 e. The van der Waals surface area contributed by atoms with Crippen molar-refractivity contribution in [1.29, 1.82) is 0 Å². The molecule has 3 aromatic rings. The van der Waals surface area contributed by atoms with Crippen LogP contribution >= 0.6 is 0 Å². The number of carbonyl (C=O) groups excluding carboxylic acids is 1. The molecule has 1 atom stereocenters. The van der Waals surface area contributed by atoms with E-state index in [0.29, 0.717) is 5.82 Å². The van der Waals surface area contributed by atoms with E-state index in [1.807, 2.05) is 43.3 Å². The number of carboxylic acids is 1. The van der Waals surface area contributed by atoms with Crippen LogP contribution in [0.2, 0.25) is 0 Å². The normalized spacial score (nSPS) is 13.4. The number of aromatic nitrogens is 2. The van der Waals surface area contributed by atoms with Crippen LogP contribution in [-0.4, -0.2) is 39.4 Å². The molecule has 0 radical (unpaired) electrons. The summed E-state index contributed by atoms with van der Waals surface area (Å²) in [4.78, 5) is 28.3. The molecule has 1 aliphatic carbocycles. The SMILES string of the molecule is Cc1cn(CC(NC(=O)OCC2c3ccccc3-c3ccccc32)C(=O)O)c(C)n1. The van der Waals surface area contributed by atoms with Gasteiger partial charge in [0.2, 0.25) is 0 Å². The summed E-state index contributed by atoms with van der Waals surface area (Å²) in [5.74, 6) is -0.521. The number of aryl methyl sites for hydroxylation is 2. The quantitative estimate of drug-likeness (QED) is 0.655. The van der Waals surface area contributed by atoms with E-state index in [-0.39, 0.29) is 19.1 Å². The molecule has 0 spiro atoms. The number of fused-ring (bicyclic) bond motifs is 3. The minimum atomic E-state index is -1.13. The third-order valence-electron chi connectivity index (χ3n) is 5.41. The predicted octanol–water partition coefficient (Wildman–Crippen LogP) is 3.49. The zero-order chi connectivity index (χ0) is 21.3. The van der Waals surface area contributed by atoms with Gasteiger partial charge >= 0.3 is 12.1 Å². The molecule has 0 saturated carbocycles. The zero-order valence-electron chi connectivity index (χ0n) is 16.8. The van der Waals surface area contributed by atoms with E-state index in [0.717, 1.165) is 27.9 Å². The van der Waals surface area contributed by atoms with Crippen molar-refractivity contribution in [3.8, 4) is 11.1 Å². The van der Waals surface area contributed by atoms with Crippen LogP contribution in [0.4, 0.5) is 4.79 Å². The molecule has 1 heterocycles. The number of amides is 1. The van der Waals surface area contributed by atoms with Crippen LogP contribution in [0.15, 0.2) is 54.7 Å². The molecule has 1 amide bonds. The number of alkyl carbamates (subject to hydrolysis) is 1. The number of aliphatic carboxylic acids is 1. The maximum Gasteiger partial charge on any atom is 0.407 e. The largest absolute Gasteiger partial charge is 0.480 e. The Hall–Kier alpha value is -3.61. The first-order chi connectivity index (χ1) is 14.4. The number of ether oxygens (including phenoxy) is 1. The highest BCUT2D eigenvalue weighted by Gasteiger charge is 2.29. The highest BCUT2D eigenvalue weighted by atomic mass is 16.5. The number of nitrogens with one attached hydrogen (secondary N) is 1. The van der Waals surface area contributed by atoms with Gasteiger partial charge in [0.1, 0.15) is 18.5 Å². The third kappa shape index (κ3) is 3.78. The summed E-state index contributed by atoms with van der Waals surface area (Å²) in [6.07, 6.45) is 1.00. The molecule has 0 aliphatic heterocycles. The second-order valence-corrected chi connectivity index (χ2v) is 7.44. The Morgan fingerprint density at radius 3 is 2.23 bits per heavy atom. The molecular weight excluding hydrogens is 382 g/mol. The molecule has 7 nitrogen and oxygen atoms in total. The van der Waals surface area contributed by atoms with E-state index in [4.69, 9.17) is 4.74 Å². The van der Waals surface area contributed by atoms with E-state index in [1.165, 1.54) is 0 Å². The fraction of sp³-hybridized carbons (Fsp3) is 0.261. The average molecular weight is 405 g/mol. The average Bonchev–Trinajstić information content (AvgIpc) is 3.22. The van der Waals surface area contributed by atoms with Crippen molar-refractivity contribution in [1.82, 2.24) is 14.9 Å². The Kier molecular flexibility index (Phi) is 5.27. The van der Waals surface area contributed by atoms with Gasteiger partial charge < -0.3 is 19.7 Å². The van der Waals surface area contributed by atoms with Crippen LogP contribution in [0.3, 0.4) is 0 Å². The number of benzene rings is 2. The summed E-state index contributed by atoms with van der Waals surface area (Å²) in [7, 11) is 0. The molecule has 1 unspecified atom stereocenters. The molecule has 1 aliphatic rings. The van der Waals surface area contributed by atoms with Crippen molar-refractivity contribution in [2.45, 2.75) is 32.4 Å². The Bertz CT molecular complexity index is 1060. The number of hydrogen-bond acceptors (Lipinski definition) is 4. The molecule has 0 saturated heterocycles. The molecule has 0 fully saturated rings. The molecule has 7 heteroatoms. The van der Waals surface area contributed by atoms with Crippen LogP contribution in [-0.2, 0) is 16.1 Å². The van der Waals surface area contributed by atoms with Crippen LogP contribution in [0.25, 0.3) is 11.1 Å². The summed E-state index contributed by atoms with van der Waals surface area (Å²) < 4.78 is 7.16. The third-order valence-corrected chi connectivity index (χ3v) is 5.41. The number of nitrogens with zero attached hydrogens (tertiary/aromatic N) is 2. The maximum atomic E-state index is 12.4. The molecule has 154 valence electrons. The van der Waals surface area contributed by atoms with Crippen LogP contribution in [0, 0.1) is 13.8 Å². The summed E-state index contributed by atoms with van der Waals surface area (Å²) in [5, 5.41) is 12.0. The van der Waals surface area contributed by atoms with Crippen LogP contribution in [0.1, 0.15) is 28.6 Å². The number of imidazole rings is 1. The van der Waals surface area contributed by atoms with Crippen molar-refractivity contribution in [2.75, 3.05) is 6.61 Å². The highest BCUT2D eigenvalue weighted by molar-refractivity contribution is 5.81. The van der Waals surface area contributed by atoms with Crippen LogP contribution in [0.5, 0.6) is 0 Å². The maximum absolute atomic E-state index is 12.4. The van der Waals surface area contributed by atoms with E-state index < -0.39 is 18.1 Å². The van der Waals surface area contributed by atoms with Gasteiger partial charge in [-0.05, 0) is 36.1 Å². The van der Waals surface area contributed by atoms with Gasteiger partial charge in [-0.1, -0.05) is 48.5 Å². The van der Waals surface area contributed by atoms with Crippen LogP contribution < -0.4 is 5.32 Å². The molecule has 1 aromatic heterocycles. The molecular formula is C23H23N3O4. The lowest BCUT2D eigenvalue weighted by atomic mass is 9.98. The summed E-state index contributed by atoms with van der Waals surface area (Å²) in [6.45, 7) is 3.83. The first-order valence-electron chi connectivity index (χ1n) is 9.78. The molecule has 2 N–H and O–H groups in total. The van der Waals surface area contributed by atoms with E-state index in [9.17, 15) is 14.7 Å². The first-order valence-corrected chi connectivity index (χ1v) is 9.78. The van der Waals surface area contributed by atoms with Gasteiger partial charge in [0, 0.05) is 12.1 Å². The highest BCUT2D eigenvalue weighted by Crippen LogP contribution is 2.44. The second kappa shape index (κ2) is 8.02. The van der Waals surface area contributed by atoms with Crippen molar-refractivity contribution in [3.63, 3.8) is 0 Å². The Morgan fingerprint density at radius 1 is 1.10 bits per heavy atom. The Labute approximate surface area is 174 Å². The van der Waals surface area contributed by atoms with Gasteiger partial charge in [-0.25, -0.2) is 14.6 Å². The number of rotatable bonds is 6. The zero-order valence-corrected chi connectivity index (χ0v) is 16.8. The Morgan fingerprint density at radius 2 is 1.70 bits per heavy atom. The van der Waals surface area contributed by atoms with Crippen molar-refractivity contribution in [2.24, 2.45) is 0 Å². The lowest BCUT2D eigenvalue weighted by Gasteiger charge is -2.18. The lowest BCUT2D eigenvalue weighted by Crippen LogP contribution is -2.44. The lowest BCUT2D eigenvalue weighted by molar-refractivity contribution is -0.139. The minimum absolute atomic E-state index is 0.0756. The molecule has 2 aromatic carbocycles. The van der Waals surface area contributed by atoms with Crippen molar-refractivity contribution >= 4 is 12.1 Å². The van der Waals surface area contributed by atoms with E-state index >= 15 is 0 Å². The summed E-state index contributed by atoms with van der Waals surface area (Å²) in [5.41, 5.74) is 5.27. The first kappa shape index (κ1) is 19.7. The van der Waals surface area contributed by atoms with E-state index in [1.54, 1.807) is 17.7 Å². The topological polar surface area (TPSA) is 93.5 Å². The van der Waals surface area contributed by atoms with Gasteiger partial charge in [-0.3, -0.25) is 0 Å². The van der Waals surface area contributed by atoms with E-state index in [2.05, 4.69) is 22.4 Å². The fourth-order valence-corrected chi connectivity index (χ4v) is 4.02.